The van der Waals surface area contributed by atoms with Crippen molar-refractivity contribution in [3.05, 3.63) is 24.3 Å². The third-order valence-electron chi connectivity index (χ3n) is 4.60. The maximum Gasteiger partial charge on any atom is 0.306 e. The van der Waals surface area contributed by atoms with Gasteiger partial charge in [0, 0.05) is 11.3 Å². The first-order valence-electron chi connectivity index (χ1n) is 10.3. The van der Waals surface area contributed by atoms with E-state index in [0.717, 1.165) is 67.8 Å². The van der Waals surface area contributed by atoms with Crippen molar-refractivity contribution in [2.75, 3.05) is 12.4 Å². The quantitative estimate of drug-likeness (QED) is 0.247. The molecule has 28 heavy (non-hydrogen) atoms. The zero-order chi connectivity index (χ0) is 20.6. The number of benzene rings is 1. The van der Waals surface area contributed by atoms with Crippen LogP contribution in [0.1, 0.15) is 71.1 Å². The van der Waals surface area contributed by atoms with Crippen LogP contribution in [-0.4, -0.2) is 34.5 Å². The van der Waals surface area contributed by atoms with Crippen molar-refractivity contribution in [3.8, 4) is 5.75 Å². The van der Waals surface area contributed by atoms with E-state index in [0.29, 0.717) is 13.0 Å². The molecule has 0 aliphatic heterocycles. The molecule has 1 rings (SSSR count). The third kappa shape index (κ3) is 11.9. The van der Waals surface area contributed by atoms with E-state index < -0.39 is 11.9 Å². The number of carboxylic acids is 2. The van der Waals surface area contributed by atoms with E-state index in [4.69, 9.17) is 14.9 Å². The smallest absolute Gasteiger partial charge is 0.306 e. The highest BCUT2D eigenvalue weighted by Gasteiger charge is 2.09. The number of unbranched alkanes of at least 4 members (excludes halogenated alkanes) is 6. The number of carbonyl (C=O) groups is 2. The Morgan fingerprint density at radius 3 is 2.36 bits per heavy atom. The first-order valence-corrected chi connectivity index (χ1v) is 11.3. The molecule has 0 aliphatic rings. The van der Waals surface area contributed by atoms with Crippen molar-refractivity contribution in [1.29, 1.82) is 0 Å². The van der Waals surface area contributed by atoms with E-state index in [9.17, 15) is 9.59 Å². The highest BCUT2D eigenvalue weighted by molar-refractivity contribution is 7.99. The SMILES string of the molecule is CC(CCCCCCCCOc1ccccc1SCCCCC(=O)O)C(=O)O. The first-order chi connectivity index (χ1) is 13.5. The average Bonchev–Trinajstić information content (AvgIpc) is 2.66. The van der Waals surface area contributed by atoms with Gasteiger partial charge >= 0.3 is 11.9 Å². The van der Waals surface area contributed by atoms with E-state index in [2.05, 4.69) is 6.07 Å². The first kappa shape index (κ1) is 24.3. The van der Waals surface area contributed by atoms with Gasteiger partial charge < -0.3 is 14.9 Å². The van der Waals surface area contributed by atoms with Gasteiger partial charge in [0.1, 0.15) is 5.75 Å². The minimum atomic E-state index is -0.733. The Morgan fingerprint density at radius 2 is 1.64 bits per heavy atom. The van der Waals surface area contributed by atoms with Crippen molar-refractivity contribution >= 4 is 23.7 Å². The predicted octanol–water partition coefficient (Wildman–Crippen LogP) is 5.86. The number of rotatable bonds is 17. The Balaban J connectivity index is 2.10. The van der Waals surface area contributed by atoms with Crippen LogP contribution in [0.4, 0.5) is 0 Å². The topological polar surface area (TPSA) is 83.8 Å². The molecule has 0 aliphatic carbocycles. The fourth-order valence-electron chi connectivity index (χ4n) is 2.81. The number of hydrogen-bond donors (Lipinski definition) is 2. The molecule has 0 saturated carbocycles. The van der Waals surface area contributed by atoms with Crippen molar-refractivity contribution in [1.82, 2.24) is 0 Å². The van der Waals surface area contributed by atoms with Gasteiger partial charge in [0.15, 0.2) is 0 Å². The summed E-state index contributed by atoms with van der Waals surface area (Å²) in [5.74, 6) is 0.144. The lowest BCUT2D eigenvalue weighted by molar-refractivity contribution is -0.141. The predicted molar refractivity (Wildman–Crippen MR) is 113 cm³/mol. The molecule has 0 radical (unpaired) electrons. The summed E-state index contributed by atoms with van der Waals surface area (Å²) in [6.07, 6.45) is 9.13. The summed E-state index contributed by atoms with van der Waals surface area (Å²) in [4.78, 5) is 22.4. The summed E-state index contributed by atoms with van der Waals surface area (Å²) >= 11 is 1.72. The molecule has 0 bridgehead atoms. The van der Waals surface area contributed by atoms with E-state index in [1.54, 1.807) is 18.7 Å². The van der Waals surface area contributed by atoms with Crippen LogP contribution in [0.25, 0.3) is 0 Å². The Bertz CT molecular complexity index is 576. The normalized spacial score (nSPS) is 11.9. The molecule has 0 saturated heterocycles. The second-order valence-electron chi connectivity index (χ2n) is 7.14. The third-order valence-corrected chi connectivity index (χ3v) is 5.74. The highest BCUT2D eigenvalue weighted by Crippen LogP contribution is 2.30. The van der Waals surface area contributed by atoms with Crippen molar-refractivity contribution in [2.24, 2.45) is 5.92 Å². The number of aliphatic carboxylic acids is 2. The lowest BCUT2D eigenvalue weighted by Crippen LogP contribution is -2.08. The Labute approximate surface area is 172 Å². The maximum atomic E-state index is 10.8. The zero-order valence-electron chi connectivity index (χ0n) is 16.9. The standard InChI is InChI=1S/C22H34O5S/c1-18(22(25)26)12-6-4-2-3-5-10-16-27-19-13-7-8-14-20(19)28-17-11-9-15-21(23)24/h7-8,13-14,18H,2-6,9-12,15-17H2,1H3,(H,23,24)(H,25,26). The van der Waals surface area contributed by atoms with Crippen molar-refractivity contribution in [3.63, 3.8) is 0 Å². The van der Waals surface area contributed by atoms with Gasteiger partial charge in [-0.05, 0) is 43.6 Å². The zero-order valence-corrected chi connectivity index (χ0v) is 17.7. The van der Waals surface area contributed by atoms with Gasteiger partial charge in [-0.2, -0.15) is 0 Å². The number of carboxylic acid groups (broad SMARTS) is 2. The molecular formula is C22H34O5S. The molecule has 158 valence electrons. The maximum absolute atomic E-state index is 10.8. The van der Waals surface area contributed by atoms with Crippen LogP contribution in [0.3, 0.4) is 0 Å². The molecule has 1 aromatic carbocycles. The molecule has 6 heteroatoms. The summed E-state index contributed by atoms with van der Waals surface area (Å²) < 4.78 is 5.94. The van der Waals surface area contributed by atoms with Crippen molar-refractivity contribution in [2.45, 2.75) is 76.0 Å². The number of ether oxygens (including phenoxy) is 1. The van der Waals surface area contributed by atoms with E-state index >= 15 is 0 Å². The van der Waals surface area contributed by atoms with Gasteiger partial charge in [-0.25, -0.2) is 0 Å². The molecule has 1 atom stereocenters. The summed E-state index contributed by atoms with van der Waals surface area (Å²) in [6.45, 7) is 2.47. The highest BCUT2D eigenvalue weighted by atomic mass is 32.2. The summed E-state index contributed by atoms with van der Waals surface area (Å²) in [5, 5.41) is 17.5. The Morgan fingerprint density at radius 1 is 0.964 bits per heavy atom. The van der Waals surface area contributed by atoms with E-state index in [1.807, 2.05) is 18.2 Å². The second kappa shape index (κ2) is 15.3. The number of hydrogen-bond acceptors (Lipinski definition) is 4. The summed E-state index contributed by atoms with van der Waals surface area (Å²) in [5.41, 5.74) is 0. The second-order valence-corrected chi connectivity index (χ2v) is 8.28. The molecular weight excluding hydrogens is 376 g/mol. The van der Waals surface area contributed by atoms with Crippen LogP contribution < -0.4 is 4.74 Å². The Hall–Kier alpha value is -1.69. The lowest BCUT2D eigenvalue weighted by Gasteiger charge is -2.11. The van der Waals surface area contributed by atoms with Gasteiger partial charge in [-0.1, -0.05) is 51.2 Å². The van der Waals surface area contributed by atoms with Gasteiger partial charge in [-0.3, -0.25) is 9.59 Å². The monoisotopic (exact) mass is 410 g/mol. The van der Waals surface area contributed by atoms with Crippen LogP contribution in [0.5, 0.6) is 5.75 Å². The number of para-hydroxylation sites is 1. The largest absolute Gasteiger partial charge is 0.492 e. The summed E-state index contributed by atoms with van der Waals surface area (Å²) in [7, 11) is 0. The molecule has 0 fully saturated rings. The number of thioether (sulfide) groups is 1. The molecule has 0 spiro atoms. The molecule has 0 amide bonds. The van der Waals surface area contributed by atoms with Crippen LogP contribution in [0.2, 0.25) is 0 Å². The fourth-order valence-corrected chi connectivity index (χ4v) is 3.83. The van der Waals surface area contributed by atoms with Gasteiger partial charge in [0.2, 0.25) is 0 Å². The molecule has 0 heterocycles. The fraction of sp³-hybridized carbons (Fsp3) is 0.636. The molecule has 1 aromatic rings. The van der Waals surface area contributed by atoms with Crippen molar-refractivity contribution < 1.29 is 24.5 Å². The minimum absolute atomic E-state index is 0.233. The van der Waals surface area contributed by atoms with Gasteiger partial charge in [-0.15, -0.1) is 11.8 Å². The van der Waals surface area contributed by atoms with Gasteiger partial charge in [0.25, 0.3) is 0 Å². The molecule has 1 unspecified atom stereocenters. The molecule has 2 N–H and O–H groups in total. The Kier molecular flexibility index (Phi) is 13.3. The molecule has 5 nitrogen and oxygen atoms in total. The van der Waals surface area contributed by atoms with E-state index in [-0.39, 0.29) is 12.3 Å². The average molecular weight is 411 g/mol. The lowest BCUT2D eigenvalue weighted by atomic mass is 10.0. The van der Waals surface area contributed by atoms with Crippen LogP contribution in [0.15, 0.2) is 29.2 Å². The summed E-state index contributed by atoms with van der Waals surface area (Å²) in [6, 6.07) is 8.01. The van der Waals surface area contributed by atoms with Gasteiger partial charge in [0.05, 0.1) is 12.5 Å². The van der Waals surface area contributed by atoms with E-state index in [1.165, 1.54) is 0 Å². The van der Waals surface area contributed by atoms with Crippen LogP contribution in [0, 0.1) is 5.92 Å². The van der Waals surface area contributed by atoms with Crippen LogP contribution in [-0.2, 0) is 9.59 Å². The van der Waals surface area contributed by atoms with Crippen LogP contribution >= 0.6 is 11.8 Å². The molecule has 0 aromatic heterocycles. The minimum Gasteiger partial charge on any atom is -0.492 e.